The molecule has 176 valence electrons. The largest absolute Gasteiger partial charge is 0.494 e. The van der Waals surface area contributed by atoms with Gasteiger partial charge in [-0.15, -0.1) is 0 Å². The molecule has 0 heterocycles. The van der Waals surface area contributed by atoms with Gasteiger partial charge in [-0.2, -0.15) is 0 Å². The van der Waals surface area contributed by atoms with E-state index < -0.39 is 12.1 Å². The van der Waals surface area contributed by atoms with E-state index in [-0.39, 0.29) is 0 Å². The number of benzene rings is 2. The van der Waals surface area contributed by atoms with Crippen LogP contribution in [0.1, 0.15) is 31.9 Å². The van der Waals surface area contributed by atoms with Crippen LogP contribution in [0, 0.1) is 15.4 Å². The van der Waals surface area contributed by atoms with Crippen molar-refractivity contribution < 1.29 is 28.8 Å². The van der Waals surface area contributed by atoms with Gasteiger partial charge in [0.25, 0.3) is 0 Å². The molecule has 0 aliphatic carbocycles. The number of carboxylic acid groups (broad SMARTS) is 1. The first-order chi connectivity index (χ1) is 16.0. The van der Waals surface area contributed by atoms with E-state index in [2.05, 4.69) is 34.4 Å². The molecule has 33 heavy (non-hydrogen) atoms. The Bertz CT molecular complexity index is 981. The first-order valence-corrected chi connectivity index (χ1v) is 11.9. The lowest BCUT2D eigenvalue weighted by Gasteiger charge is -2.13. The van der Waals surface area contributed by atoms with Gasteiger partial charge in [0.2, 0.25) is 0 Å². The van der Waals surface area contributed by atoms with Gasteiger partial charge in [0.15, 0.2) is 6.10 Å². The van der Waals surface area contributed by atoms with Crippen molar-refractivity contribution in [2.45, 2.75) is 33.3 Å². The minimum absolute atomic E-state index is 0.310. The molecule has 0 fully saturated rings. The quantitative estimate of drug-likeness (QED) is 0.286. The van der Waals surface area contributed by atoms with E-state index in [9.17, 15) is 9.90 Å². The molecule has 0 aromatic heterocycles. The highest BCUT2D eigenvalue weighted by Crippen LogP contribution is 2.24. The summed E-state index contributed by atoms with van der Waals surface area (Å²) in [7, 11) is 0. The van der Waals surface area contributed by atoms with Gasteiger partial charge in [-0.25, -0.2) is 4.79 Å². The number of ether oxygens (including phenoxy) is 4. The minimum Gasteiger partial charge on any atom is -0.494 e. The Hall–Kier alpha value is -2.70. The third-order valence-electron chi connectivity index (χ3n) is 4.32. The third kappa shape index (κ3) is 9.36. The lowest BCUT2D eigenvalue weighted by molar-refractivity contribution is -0.149. The van der Waals surface area contributed by atoms with Gasteiger partial charge in [-0.3, -0.25) is 0 Å². The summed E-state index contributed by atoms with van der Waals surface area (Å²) in [6.45, 7) is 7.52. The predicted octanol–water partition coefficient (Wildman–Crippen LogP) is 5.11. The van der Waals surface area contributed by atoms with Crippen molar-refractivity contribution in [3.63, 3.8) is 0 Å². The molecule has 7 heteroatoms. The number of halogens is 1. The molecule has 1 atom stereocenters. The first kappa shape index (κ1) is 26.6. The molecule has 6 nitrogen and oxygen atoms in total. The molecule has 2 aromatic carbocycles. The zero-order chi connectivity index (χ0) is 24.1. The fourth-order valence-electron chi connectivity index (χ4n) is 2.93. The fourth-order valence-corrected chi connectivity index (χ4v) is 3.67. The summed E-state index contributed by atoms with van der Waals surface area (Å²) < 4.78 is 23.1. The molecule has 0 unspecified atom stereocenters. The van der Waals surface area contributed by atoms with Crippen molar-refractivity contribution in [2.75, 3.05) is 26.4 Å². The van der Waals surface area contributed by atoms with Crippen LogP contribution in [0.15, 0.2) is 48.6 Å². The molecule has 0 bridgehead atoms. The molecular formula is C26H29IO6. The minimum atomic E-state index is -0.961. The Morgan fingerprint density at radius 2 is 1.73 bits per heavy atom. The number of aliphatic carboxylic acids is 1. The SMILES string of the molecule is CCOc1cc(C#C/C=C\COc2ccc(C[C@H](OCC)C(=O)O)cc2I)cc(OCC)c1. The second-order valence-corrected chi connectivity index (χ2v) is 7.96. The molecule has 0 saturated carbocycles. The standard InChI is InChI=1S/C26H29IO6/c1-4-30-21-14-19(15-22(18-21)31-5-2)10-8-7-9-13-33-24-12-11-20(16-23(24)27)17-25(26(28)29)32-6-3/h7,9,11-12,14-16,18,25H,4-6,13,17H2,1-3H3,(H,28,29)/b9-7-/t25-/m0/s1. The van der Waals surface area contributed by atoms with Crippen LogP contribution in [0.2, 0.25) is 0 Å². The van der Waals surface area contributed by atoms with Crippen molar-refractivity contribution in [2.24, 2.45) is 0 Å². The number of hydrogen-bond donors (Lipinski definition) is 1. The number of allylic oxidation sites excluding steroid dienone is 1. The molecule has 2 aromatic rings. The average Bonchev–Trinajstić information content (AvgIpc) is 2.77. The van der Waals surface area contributed by atoms with E-state index in [0.29, 0.717) is 32.8 Å². The highest BCUT2D eigenvalue weighted by Gasteiger charge is 2.18. The van der Waals surface area contributed by atoms with E-state index in [0.717, 1.165) is 31.9 Å². The van der Waals surface area contributed by atoms with E-state index in [1.807, 2.05) is 56.3 Å². The third-order valence-corrected chi connectivity index (χ3v) is 5.16. The summed E-state index contributed by atoms with van der Waals surface area (Å²) in [6, 6.07) is 11.2. The van der Waals surface area contributed by atoms with Gasteiger partial charge >= 0.3 is 5.97 Å². The monoisotopic (exact) mass is 564 g/mol. The maximum atomic E-state index is 11.3. The summed E-state index contributed by atoms with van der Waals surface area (Å²) in [4.78, 5) is 11.3. The second kappa shape index (κ2) is 14.4. The maximum absolute atomic E-state index is 11.3. The number of carbonyl (C=O) groups is 1. The molecule has 0 spiro atoms. The van der Waals surface area contributed by atoms with Gasteiger partial charge in [-0.1, -0.05) is 17.9 Å². The Labute approximate surface area is 209 Å². The normalized spacial score (nSPS) is 11.5. The number of hydrogen-bond acceptors (Lipinski definition) is 5. The highest BCUT2D eigenvalue weighted by atomic mass is 127. The van der Waals surface area contributed by atoms with Crippen LogP contribution in [0.3, 0.4) is 0 Å². The summed E-state index contributed by atoms with van der Waals surface area (Å²) in [5.74, 6) is 7.31. The maximum Gasteiger partial charge on any atom is 0.333 e. The lowest BCUT2D eigenvalue weighted by Crippen LogP contribution is -2.26. The lowest BCUT2D eigenvalue weighted by atomic mass is 10.1. The Morgan fingerprint density at radius 3 is 2.30 bits per heavy atom. The zero-order valence-corrected chi connectivity index (χ0v) is 21.3. The Kier molecular flexibility index (Phi) is 11.6. The zero-order valence-electron chi connectivity index (χ0n) is 19.1. The summed E-state index contributed by atoms with van der Waals surface area (Å²) in [5, 5.41) is 9.24. The average molecular weight is 564 g/mol. The van der Waals surface area contributed by atoms with Gasteiger partial charge in [-0.05, 0) is 85.3 Å². The predicted molar refractivity (Wildman–Crippen MR) is 136 cm³/mol. The van der Waals surface area contributed by atoms with Gasteiger partial charge in [0.1, 0.15) is 23.9 Å². The summed E-state index contributed by atoms with van der Waals surface area (Å²) >= 11 is 2.18. The van der Waals surface area contributed by atoms with E-state index >= 15 is 0 Å². The van der Waals surface area contributed by atoms with E-state index in [1.54, 1.807) is 13.0 Å². The second-order valence-electron chi connectivity index (χ2n) is 6.79. The molecule has 0 radical (unpaired) electrons. The first-order valence-electron chi connectivity index (χ1n) is 10.8. The van der Waals surface area contributed by atoms with Crippen LogP contribution in [-0.2, 0) is 16.0 Å². The van der Waals surface area contributed by atoms with Crippen molar-refractivity contribution in [1.82, 2.24) is 0 Å². The van der Waals surface area contributed by atoms with Crippen LogP contribution in [0.4, 0.5) is 0 Å². The Balaban J connectivity index is 1.94. The van der Waals surface area contributed by atoms with Crippen molar-refractivity contribution in [1.29, 1.82) is 0 Å². The van der Waals surface area contributed by atoms with Crippen LogP contribution in [0.25, 0.3) is 0 Å². The van der Waals surface area contributed by atoms with Crippen molar-refractivity contribution in [3.05, 3.63) is 63.2 Å². The Morgan fingerprint density at radius 1 is 1.03 bits per heavy atom. The molecule has 0 saturated heterocycles. The van der Waals surface area contributed by atoms with Gasteiger partial charge < -0.3 is 24.1 Å². The van der Waals surface area contributed by atoms with Crippen LogP contribution in [-0.4, -0.2) is 43.6 Å². The van der Waals surface area contributed by atoms with Gasteiger partial charge in [0.05, 0.1) is 16.8 Å². The van der Waals surface area contributed by atoms with Crippen molar-refractivity contribution in [3.8, 4) is 29.1 Å². The van der Waals surface area contributed by atoms with Gasteiger partial charge in [0, 0.05) is 24.7 Å². The summed E-state index contributed by atoms with van der Waals surface area (Å²) in [5.41, 5.74) is 1.70. The molecule has 2 rings (SSSR count). The highest BCUT2D eigenvalue weighted by molar-refractivity contribution is 14.1. The number of rotatable bonds is 12. The van der Waals surface area contributed by atoms with Crippen molar-refractivity contribution >= 4 is 28.6 Å². The fraction of sp³-hybridized carbons (Fsp3) is 0.346. The summed E-state index contributed by atoms with van der Waals surface area (Å²) in [6.07, 6.45) is 3.04. The smallest absolute Gasteiger partial charge is 0.333 e. The van der Waals surface area contributed by atoms with E-state index in [4.69, 9.17) is 18.9 Å². The van der Waals surface area contributed by atoms with E-state index in [1.165, 1.54) is 0 Å². The number of carboxylic acids is 1. The van der Waals surface area contributed by atoms with Crippen LogP contribution in [0.5, 0.6) is 17.2 Å². The van der Waals surface area contributed by atoms with Crippen LogP contribution >= 0.6 is 22.6 Å². The molecule has 0 aliphatic rings. The topological polar surface area (TPSA) is 74.2 Å². The molecular weight excluding hydrogens is 535 g/mol. The molecule has 0 amide bonds. The molecule has 1 N–H and O–H groups in total. The molecule has 0 aliphatic heterocycles. The van der Waals surface area contributed by atoms with Crippen LogP contribution < -0.4 is 14.2 Å².